The van der Waals surface area contributed by atoms with Gasteiger partial charge in [-0.2, -0.15) is 0 Å². The molecule has 8 heteroatoms. The van der Waals surface area contributed by atoms with Gasteiger partial charge in [0.2, 0.25) is 0 Å². The Hall–Kier alpha value is -2.32. The molecule has 0 unspecified atom stereocenters. The molecule has 0 saturated heterocycles. The second-order valence-corrected chi connectivity index (χ2v) is 5.54. The maximum atomic E-state index is 11.5. The number of benzene rings is 1. The third-order valence-corrected chi connectivity index (χ3v) is 3.65. The lowest BCUT2D eigenvalue weighted by Gasteiger charge is -2.01. The molecule has 0 aliphatic carbocycles. The van der Waals surface area contributed by atoms with Crippen molar-refractivity contribution in [2.45, 2.75) is 13.3 Å². The van der Waals surface area contributed by atoms with Gasteiger partial charge in [-0.25, -0.2) is 4.98 Å². The quantitative estimate of drug-likeness (QED) is 0.625. The molecule has 0 bridgehead atoms. The first-order chi connectivity index (χ1) is 10.6. The molecule has 0 saturated carbocycles. The number of anilines is 1. The third kappa shape index (κ3) is 4.61. The van der Waals surface area contributed by atoms with Gasteiger partial charge in [0.1, 0.15) is 6.61 Å². The number of carbonyl (C=O) groups excluding carboxylic acids is 1. The molecule has 0 aliphatic rings. The minimum atomic E-state index is -0.421. The molecule has 2 rings (SSSR count). The molecule has 22 heavy (non-hydrogen) atoms. The van der Waals surface area contributed by atoms with Crippen LogP contribution in [0.3, 0.4) is 0 Å². The molecule has 2 aromatic rings. The number of amides is 1. The maximum absolute atomic E-state index is 11.5. The summed E-state index contributed by atoms with van der Waals surface area (Å²) >= 11 is 1.34. The van der Waals surface area contributed by atoms with Gasteiger partial charge in [-0.3, -0.25) is 20.2 Å². The molecular weight excluding hydrogens is 306 g/mol. The lowest BCUT2D eigenvalue weighted by Crippen LogP contribution is -2.17. The Kier molecular flexibility index (Phi) is 5.56. The fraction of sp³-hybridized carbons (Fsp3) is 0.286. The van der Waals surface area contributed by atoms with Crippen LogP contribution in [-0.2, 0) is 16.0 Å². The predicted octanol–water partition coefficient (Wildman–Crippen LogP) is 2.62. The zero-order valence-electron chi connectivity index (χ0n) is 11.9. The van der Waals surface area contributed by atoms with Gasteiger partial charge in [0.05, 0.1) is 4.92 Å². The average molecular weight is 321 g/mol. The molecule has 1 N–H and O–H groups in total. The van der Waals surface area contributed by atoms with Gasteiger partial charge in [0.25, 0.3) is 11.6 Å². The van der Waals surface area contributed by atoms with Crippen LogP contribution in [0.15, 0.2) is 30.5 Å². The number of ether oxygens (including phenoxy) is 1. The summed E-state index contributed by atoms with van der Waals surface area (Å²) in [6.45, 7) is 2.29. The van der Waals surface area contributed by atoms with E-state index in [2.05, 4.69) is 10.3 Å². The van der Waals surface area contributed by atoms with Crippen LogP contribution < -0.4 is 5.32 Å². The average Bonchev–Trinajstić information content (AvgIpc) is 2.92. The number of nitro benzene ring substituents is 1. The molecule has 0 spiro atoms. The Labute approximate surface area is 131 Å². The lowest BCUT2D eigenvalue weighted by molar-refractivity contribution is -0.384. The summed E-state index contributed by atoms with van der Waals surface area (Å²) in [5.74, 6) is -0.252. The fourth-order valence-corrected chi connectivity index (χ4v) is 2.64. The molecule has 0 radical (unpaired) electrons. The standard InChI is InChI=1S/C14H15N3O4S/c1-2-21-9-13(18)16-14-15-8-12(22-14)7-10-4-3-5-11(6-10)17(19)20/h3-6,8H,2,7,9H2,1H3,(H,15,16,18). The van der Waals surface area contributed by atoms with Crippen LogP contribution in [0.25, 0.3) is 0 Å². The molecular formula is C14H15N3O4S. The van der Waals surface area contributed by atoms with Crippen LogP contribution in [0, 0.1) is 10.1 Å². The first kappa shape index (κ1) is 16.1. The number of hydrogen-bond donors (Lipinski definition) is 1. The van der Waals surface area contributed by atoms with Gasteiger partial charge in [0, 0.05) is 36.2 Å². The number of nitro groups is 1. The lowest BCUT2D eigenvalue weighted by atomic mass is 10.1. The number of hydrogen-bond acceptors (Lipinski definition) is 6. The van der Waals surface area contributed by atoms with E-state index >= 15 is 0 Å². The zero-order chi connectivity index (χ0) is 15.9. The van der Waals surface area contributed by atoms with Crippen molar-refractivity contribution in [3.05, 3.63) is 51.0 Å². The Bertz CT molecular complexity index is 672. The van der Waals surface area contributed by atoms with Crippen LogP contribution in [0.1, 0.15) is 17.4 Å². The van der Waals surface area contributed by atoms with E-state index in [1.165, 1.54) is 23.5 Å². The van der Waals surface area contributed by atoms with Crippen molar-refractivity contribution in [1.29, 1.82) is 0 Å². The minimum absolute atomic E-state index is 0.00368. The Balaban J connectivity index is 1.98. The van der Waals surface area contributed by atoms with E-state index in [0.29, 0.717) is 18.2 Å². The van der Waals surface area contributed by atoms with Gasteiger partial charge in [-0.1, -0.05) is 12.1 Å². The van der Waals surface area contributed by atoms with Crippen LogP contribution in [0.4, 0.5) is 10.8 Å². The summed E-state index contributed by atoms with van der Waals surface area (Å²) in [4.78, 5) is 26.9. The molecule has 1 aromatic heterocycles. The smallest absolute Gasteiger partial charge is 0.269 e. The second-order valence-electron chi connectivity index (χ2n) is 4.42. The summed E-state index contributed by atoms with van der Waals surface area (Å²) in [6.07, 6.45) is 2.18. The van der Waals surface area contributed by atoms with Crippen molar-refractivity contribution in [3.63, 3.8) is 0 Å². The molecule has 0 aliphatic heterocycles. The van der Waals surface area contributed by atoms with E-state index in [9.17, 15) is 14.9 Å². The third-order valence-electron chi connectivity index (χ3n) is 2.74. The van der Waals surface area contributed by atoms with Crippen molar-refractivity contribution in [2.24, 2.45) is 0 Å². The number of nitrogens with one attached hydrogen (secondary N) is 1. The van der Waals surface area contributed by atoms with Gasteiger partial charge < -0.3 is 4.74 Å². The Morgan fingerprint density at radius 2 is 2.32 bits per heavy atom. The number of non-ortho nitro benzene ring substituents is 1. The van der Waals surface area contributed by atoms with Crippen molar-refractivity contribution in [3.8, 4) is 0 Å². The van der Waals surface area contributed by atoms with E-state index in [-0.39, 0.29) is 18.2 Å². The monoisotopic (exact) mass is 321 g/mol. The van der Waals surface area contributed by atoms with Gasteiger partial charge in [0.15, 0.2) is 5.13 Å². The molecule has 1 amide bonds. The number of aromatic nitrogens is 1. The summed E-state index contributed by atoms with van der Waals surface area (Å²) in [5, 5.41) is 13.9. The van der Waals surface area contributed by atoms with E-state index < -0.39 is 4.92 Å². The van der Waals surface area contributed by atoms with Crippen molar-refractivity contribution in [2.75, 3.05) is 18.5 Å². The predicted molar refractivity (Wildman–Crippen MR) is 83.1 cm³/mol. The molecule has 0 atom stereocenters. The fourth-order valence-electron chi connectivity index (χ4n) is 1.78. The largest absolute Gasteiger partial charge is 0.372 e. The molecule has 116 valence electrons. The number of thiazole rings is 1. The first-order valence-electron chi connectivity index (χ1n) is 6.64. The summed E-state index contributed by atoms with van der Waals surface area (Å²) < 4.78 is 5.01. The van der Waals surface area contributed by atoms with Crippen LogP contribution in [0.5, 0.6) is 0 Å². The number of carbonyl (C=O) groups is 1. The normalized spacial score (nSPS) is 10.4. The number of nitrogens with zero attached hydrogens (tertiary/aromatic N) is 2. The highest BCUT2D eigenvalue weighted by atomic mass is 32.1. The second kappa shape index (κ2) is 7.62. The molecule has 0 fully saturated rings. The van der Waals surface area contributed by atoms with E-state index in [1.807, 2.05) is 13.0 Å². The first-order valence-corrected chi connectivity index (χ1v) is 7.45. The highest BCUT2D eigenvalue weighted by molar-refractivity contribution is 7.15. The summed E-state index contributed by atoms with van der Waals surface area (Å²) in [5.41, 5.74) is 0.886. The Morgan fingerprint density at radius 3 is 3.05 bits per heavy atom. The van der Waals surface area contributed by atoms with Gasteiger partial charge in [-0.15, -0.1) is 11.3 Å². The highest BCUT2D eigenvalue weighted by Crippen LogP contribution is 2.22. The zero-order valence-corrected chi connectivity index (χ0v) is 12.8. The van der Waals surface area contributed by atoms with Crippen molar-refractivity contribution in [1.82, 2.24) is 4.98 Å². The van der Waals surface area contributed by atoms with Crippen molar-refractivity contribution < 1.29 is 14.5 Å². The van der Waals surface area contributed by atoms with Crippen LogP contribution in [0.2, 0.25) is 0 Å². The van der Waals surface area contributed by atoms with Crippen LogP contribution in [-0.4, -0.2) is 29.0 Å². The molecule has 7 nitrogen and oxygen atoms in total. The maximum Gasteiger partial charge on any atom is 0.269 e. The summed E-state index contributed by atoms with van der Waals surface area (Å²) in [7, 11) is 0. The van der Waals surface area contributed by atoms with Gasteiger partial charge >= 0.3 is 0 Å². The minimum Gasteiger partial charge on any atom is -0.372 e. The highest BCUT2D eigenvalue weighted by Gasteiger charge is 2.09. The Morgan fingerprint density at radius 1 is 1.50 bits per heavy atom. The van der Waals surface area contributed by atoms with E-state index in [1.54, 1.807) is 12.3 Å². The van der Waals surface area contributed by atoms with E-state index in [4.69, 9.17) is 4.74 Å². The SMILES string of the molecule is CCOCC(=O)Nc1ncc(Cc2cccc([N+](=O)[O-])c2)s1. The van der Waals surface area contributed by atoms with E-state index in [0.717, 1.165) is 10.4 Å². The summed E-state index contributed by atoms with van der Waals surface area (Å²) in [6, 6.07) is 6.46. The topological polar surface area (TPSA) is 94.4 Å². The van der Waals surface area contributed by atoms with Crippen LogP contribution >= 0.6 is 11.3 Å². The van der Waals surface area contributed by atoms with Gasteiger partial charge in [-0.05, 0) is 12.5 Å². The number of rotatable bonds is 7. The molecule has 1 heterocycles. The van der Waals surface area contributed by atoms with Crippen molar-refractivity contribution >= 4 is 28.1 Å². The molecule has 1 aromatic carbocycles.